The van der Waals surface area contributed by atoms with E-state index in [0.717, 1.165) is 16.3 Å². The zero-order valence-electron chi connectivity index (χ0n) is 16.7. The number of aromatic amines is 1. The quantitative estimate of drug-likeness (QED) is 0.213. The Bertz CT molecular complexity index is 1380. The van der Waals surface area contributed by atoms with E-state index in [1.54, 1.807) is 25.1 Å². The van der Waals surface area contributed by atoms with E-state index >= 15 is 0 Å². The molecule has 0 saturated heterocycles. The number of aromatic nitrogens is 3. The molecule has 0 bridgehead atoms. The average molecular weight is 439 g/mol. The average Bonchev–Trinajstić information content (AvgIpc) is 3.12. The Labute approximate surface area is 180 Å². The Morgan fingerprint density at radius 2 is 1.90 bits per heavy atom. The number of fused-ring (bicyclic) bond motifs is 3. The lowest BCUT2D eigenvalue weighted by atomic mass is 10.2. The van der Waals surface area contributed by atoms with Gasteiger partial charge in [-0.25, -0.2) is 9.37 Å². The van der Waals surface area contributed by atoms with Crippen molar-refractivity contribution in [2.45, 2.75) is 24.3 Å². The van der Waals surface area contributed by atoms with E-state index in [9.17, 15) is 18.8 Å². The zero-order valence-corrected chi connectivity index (χ0v) is 17.5. The minimum atomic E-state index is -1.24. The van der Waals surface area contributed by atoms with Crippen molar-refractivity contribution in [1.29, 1.82) is 0 Å². The van der Waals surface area contributed by atoms with Gasteiger partial charge in [-0.05, 0) is 32.0 Å². The first-order valence-corrected chi connectivity index (χ1v) is 10.4. The van der Waals surface area contributed by atoms with Gasteiger partial charge in [0, 0.05) is 10.9 Å². The van der Waals surface area contributed by atoms with Gasteiger partial charge in [0.25, 0.3) is 5.56 Å². The van der Waals surface area contributed by atoms with Gasteiger partial charge in [-0.1, -0.05) is 42.1 Å². The van der Waals surface area contributed by atoms with Crippen LogP contribution in [0.2, 0.25) is 0 Å². The molecule has 0 fully saturated rings. The number of halogens is 1. The molecular formula is C22H18FN3O4S. The van der Waals surface area contributed by atoms with Gasteiger partial charge >= 0.3 is 5.97 Å². The number of hydrogen-bond donors (Lipinski definition) is 1. The van der Waals surface area contributed by atoms with Crippen LogP contribution < -0.4 is 5.56 Å². The Morgan fingerprint density at radius 1 is 1.19 bits per heavy atom. The molecule has 2 aromatic heterocycles. The lowest BCUT2D eigenvalue weighted by molar-refractivity contribution is -0.144. The zero-order chi connectivity index (χ0) is 22.1. The van der Waals surface area contributed by atoms with Crippen LogP contribution in [0.4, 0.5) is 4.39 Å². The van der Waals surface area contributed by atoms with Crippen molar-refractivity contribution < 1.29 is 18.7 Å². The minimum Gasteiger partial charge on any atom is -0.465 e. The van der Waals surface area contributed by atoms with Gasteiger partial charge in [0.05, 0.1) is 12.3 Å². The molecule has 158 valence electrons. The number of esters is 1. The summed E-state index contributed by atoms with van der Waals surface area (Å²) >= 11 is 0.763. The van der Waals surface area contributed by atoms with Crippen molar-refractivity contribution in [1.82, 2.24) is 14.5 Å². The van der Waals surface area contributed by atoms with Crippen molar-refractivity contribution in [2.24, 2.45) is 0 Å². The van der Waals surface area contributed by atoms with Crippen LogP contribution >= 0.6 is 11.8 Å². The second-order valence-electron chi connectivity index (χ2n) is 6.74. The first-order valence-electron chi connectivity index (χ1n) is 9.54. The van der Waals surface area contributed by atoms with Gasteiger partial charge in [0.2, 0.25) is 0 Å². The number of Topliss-reactive ketones (excluding diaryl/α,β-unsaturated/α-hetero) is 1. The Hall–Kier alpha value is -3.46. The van der Waals surface area contributed by atoms with E-state index in [4.69, 9.17) is 4.74 Å². The molecule has 31 heavy (non-hydrogen) atoms. The first kappa shape index (κ1) is 20.8. The molecule has 1 unspecified atom stereocenters. The Morgan fingerprint density at radius 3 is 2.61 bits per heavy atom. The molecule has 1 atom stereocenters. The number of H-pyrrole nitrogens is 1. The molecule has 1 N–H and O–H groups in total. The van der Waals surface area contributed by atoms with E-state index < -0.39 is 28.4 Å². The fraction of sp³-hybridized carbons (Fsp3) is 0.182. The highest BCUT2D eigenvalue weighted by atomic mass is 32.2. The van der Waals surface area contributed by atoms with Crippen LogP contribution in [-0.4, -0.2) is 38.1 Å². The molecule has 0 aliphatic rings. The molecule has 0 aliphatic carbocycles. The minimum absolute atomic E-state index is 0.0145. The second-order valence-corrected chi connectivity index (χ2v) is 7.81. The maximum atomic E-state index is 14.6. The number of carbonyl (C=O) groups is 2. The van der Waals surface area contributed by atoms with Crippen LogP contribution in [0.25, 0.3) is 27.6 Å². The first-order chi connectivity index (χ1) is 14.9. The molecule has 7 nitrogen and oxygen atoms in total. The highest BCUT2D eigenvalue weighted by Gasteiger charge is 2.30. The predicted molar refractivity (Wildman–Crippen MR) is 116 cm³/mol. The van der Waals surface area contributed by atoms with Crippen LogP contribution in [0.3, 0.4) is 0 Å². The molecule has 0 radical (unpaired) electrons. The molecule has 2 aromatic carbocycles. The highest BCUT2D eigenvalue weighted by Crippen LogP contribution is 2.29. The van der Waals surface area contributed by atoms with Gasteiger partial charge in [0.15, 0.2) is 16.2 Å². The van der Waals surface area contributed by atoms with Gasteiger partial charge in [0.1, 0.15) is 16.9 Å². The molecule has 9 heteroatoms. The summed E-state index contributed by atoms with van der Waals surface area (Å²) in [4.78, 5) is 45.6. The number of benzene rings is 2. The summed E-state index contributed by atoms with van der Waals surface area (Å²) < 4.78 is 20.7. The SMILES string of the molecule is CCOC(=O)C(Sc1nc2c([nH]c3ccccc32)c(=O)n1-c1ccccc1F)C(C)=O. The van der Waals surface area contributed by atoms with Crippen LogP contribution in [0.15, 0.2) is 58.5 Å². The summed E-state index contributed by atoms with van der Waals surface area (Å²) in [5.41, 5.74) is 0.693. The van der Waals surface area contributed by atoms with Gasteiger partial charge in [-0.15, -0.1) is 0 Å². The summed E-state index contributed by atoms with van der Waals surface area (Å²) in [7, 11) is 0. The number of nitrogens with one attached hydrogen (secondary N) is 1. The van der Waals surface area contributed by atoms with Gasteiger partial charge < -0.3 is 9.72 Å². The number of rotatable bonds is 6. The van der Waals surface area contributed by atoms with Crippen molar-refractivity contribution in [2.75, 3.05) is 6.61 Å². The summed E-state index contributed by atoms with van der Waals surface area (Å²) in [5.74, 6) is -1.84. The molecular weight excluding hydrogens is 421 g/mol. The Balaban J connectivity index is 2.01. The number of hydrogen-bond acceptors (Lipinski definition) is 6. The normalized spacial score (nSPS) is 12.2. The summed E-state index contributed by atoms with van der Waals surface area (Å²) in [6.07, 6.45) is 0. The third kappa shape index (κ3) is 3.72. The van der Waals surface area contributed by atoms with Crippen LogP contribution in [0.5, 0.6) is 0 Å². The fourth-order valence-corrected chi connectivity index (χ4v) is 4.26. The molecule has 2 heterocycles. The fourth-order valence-electron chi connectivity index (χ4n) is 3.29. The maximum absolute atomic E-state index is 14.6. The highest BCUT2D eigenvalue weighted by molar-refractivity contribution is 8.01. The van der Waals surface area contributed by atoms with Crippen molar-refractivity contribution in [3.63, 3.8) is 0 Å². The summed E-state index contributed by atoms with van der Waals surface area (Å²) in [6.45, 7) is 2.98. The molecule has 0 spiro atoms. The number of ether oxygens (including phenoxy) is 1. The molecule has 4 aromatic rings. The van der Waals surface area contributed by atoms with Crippen molar-refractivity contribution >= 4 is 45.5 Å². The Kier molecular flexibility index (Phi) is 5.60. The van der Waals surface area contributed by atoms with Crippen LogP contribution in [-0.2, 0) is 14.3 Å². The lowest BCUT2D eigenvalue weighted by Gasteiger charge is -2.16. The number of nitrogens with zero attached hydrogens (tertiary/aromatic N) is 2. The number of para-hydroxylation sites is 2. The van der Waals surface area contributed by atoms with Gasteiger partial charge in [-0.2, -0.15) is 0 Å². The van der Waals surface area contributed by atoms with E-state index in [0.29, 0.717) is 16.4 Å². The smallest absolute Gasteiger partial charge is 0.327 e. The summed E-state index contributed by atoms with van der Waals surface area (Å²) in [5, 5.41) is -0.527. The lowest BCUT2D eigenvalue weighted by Crippen LogP contribution is -2.30. The largest absolute Gasteiger partial charge is 0.465 e. The standard InChI is InChI=1S/C22H18FN3O4S/c1-3-30-21(29)19(12(2)27)31-22-25-17-13-8-4-6-10-15(13)24-18(17)20(28)26(22)16-11-7-5-9-14(16)23/h4-11,19,24H,3H2,1-2H3. The third-order valence-corrected chi connectivity index (χ3v) is 5.93. The summed E-state index contributed by atoms with van der Waals surface area (Å²) in [6, 6.07) is 13.0. The van der Waals surface area contributed by atoms with Gasteiger partial charge in [-0.3, -0.25) is 19.0 Å². The van der Waals surface area contributed by atoms with E-state index in [-0.39, 0.29) is 23.0 Å². The van der Waals surface area contributed by atoms with E-state index in [2.05, 4.69) is 9.97 Å². The number of thioether (sulfide) groups is 1. The number of ketones is 1. The third-order valence-electron chi connectivity index (χ3n) is 4.68. The van der Waals surface area contributed by atoms with Crippen LogP contribution in [0.1, 0.15) is 13.8 Å². The van der Waals surface area contributed by atoms with E-state index in [1.807, 2.05) is 12.1 Å². The molecule has 0 aliphatic heterocycles. The van der Waals surface area contributed by atoms with E-state index in [1.165, 1.54) is 25.1 Å². The molecule has 4 rings (SSSR count). The molecule has 0 saturated carbocycles. The molecule has 0 amide bonds. The topological polar surface area (TPSA) is 94.0 Å². The second kappa shape index (κ2) is 8.35. The number of carbonyl (C=O) groups excluding carboxylic acids is 2. The maximum Gasteiger partial charge on any atom is 0.327 e. The monoisotopic (exact) mass is 439 g/mol. The van der Waals surface area contributed by atoms with Crippen molar-refractivity contribution in [3.8, 4) is 5.69 Å². The van der Waals surface area contributed by atoms with Crippen molar-refractivity contribution in [3.05, 3.63) is 64.7 Å². The van der Waals surface area contributed by atoms with Crippen LogP contribution in [0, 0.1) is 5.82 Å². The predicted octanol–water partition coefficient (Wildman–Crippen LogP) is 3.62.